The third-order valence-corrected chi connectivity index (χ3v) is 17.1. The monoisotopic (exact) mass is 1430 g/mol. The zero-order valence-electron chi connectivity index (χ0n) is 60.9. The first-order valence-corrected chi connectivity index (χ1v) is 32.5. The summed E-state index contributed by atoms with van der Waals surface area (Å²) < 4.78 is 64.2. The topological polar surface area (TPSA) is 321 Å². The Morgan fingerprint density at radius 2 is 0.602 bits per heavy atom. The number of Topliss-reactive ketones (excluding diaryl/α,β-unsaturated/α-hetero) is 3. The third kappa shape index (κ3) is 18.2. The summed E-state index contributed by atoms with van der Waals surface area (Å²) in [6.45, 7) is 8.53. The molecule has 3 aliphatic rings. The van der Waals surface area contributed by atoms with Gasteiger partial charge in [0.05, 0.1) is 98.8 Å². The van der Waals surface area contributed by atoms with E-state index < -0.39 is 59.2 Å². The number of hydrogen-bond donors (Lipinski definition) is 4. The molecule has 0 spiro atoms. The first-order valence-electron chi connectivity index (χ1n) is 32.5. The average Bonchev–Trinajstić information content (AvgIpc) is 1.64. The number of amides is 3. The summed E-state index contributed by atoms with van der Waals surface area (Å²) in [5, 5.41) is 41.3. The van der Waals surface area contributed by atoms with Crippen molar-refractivity contribution >= 4 is 58.3 Å². The van der Waals surface area contributed by atoms with Gasteiger partial charge in [0.15, 0.2) is 34.5 Å². The molecule has 3 aliphatic heterocycles. The van der Waals surface area contributed by atoms with Gasteiger partial charge in [-0.1, -0.05) is 36.4 Å². The molecule has 26 heteroatoms. The van der Waals surface area contributed by atoms with Crippen LogP contribution in [-0.2, 0) is 47.8 Å². The van der Waals surface area contributed by atoms with Gasteiger partial charge in [0.25, 0.3) is 41.0 Å². The van der Waals surface area contributed by atoms with Crippen LogP contribution in [0.15, 0.2) is 126 Å². The highest BCUT2D eigenvalue weighted by Gasteiger charge is 2.50. The Bertz CT molecular complexity index is 3750. The van der Waals surface area contributed by atoms with Crippen LogP contribution in [0.5, 0.6) is 51.7 Å². The van der Waals surface area contributed by atoms with E-state index in [9.17, 15) is 44.1 Å². The Morgan fingerprint density at radius 1 is 0.359 bits per heavy atom. The number of hydrogen-bond acceptors (Lipinski definition) is 22. The average molecular weight is 1430 g/mol. The van der Waals surface area contributed by atoms with Gasteiger partial charge in [0, 0.05) is 101 Å². The second kappa shape index (κ2) is 38.1. The zero-order valence-corrected chi connectivity index (χ0v) is 60.9. The van der Waals surface area contributed by atoms with Crippen LogP contribution < -0.4 is 42.6 Å². The van der Waals surface area contributed by atoms with Crippen LogP contribution in [-0.4, -0.2) is 201 Å². The summed E-state index contributed by atoms with van der Waals surface area (Å²) in [7, 11) is 18.4. The van der Waals surface area contributed by atoms with E-state index in [-0.39, 0.29) is 53.6 Å². The fraction of sp³-hybridized carbons (Fsp3) is 0.364. The maximum atomic E-state index is 13.2. The summed E-state index contributed by atoms with van der Waals surface area (Å²) >= 11 is 0. The lowest BCUT2D eigenvalue weighted by Gasteiger charge is -2.27. The highest BCUT2D eigenvalue weighted by Crippen LogP contribution is 2.49. The molecule has 6 aromatic rings. The fourth-order valence-corrected chi connectivity index (χ4v) is 12.3. The predicted octanol–water partition coefficient (Wildman–Crippen LogP) is 10.5. The second-order valence-corrected chi connectivity index (χ2v) is 23.3. The number of aliphatic hydroxyl groups is 3. The maximum absolute atomic E-state index is 13.2. The van der Waals surface area contributed by atoms with Crippen molar-refractivity contribution in [2.24, 2.45) is 0 Å². The molecule has 3 atom stereocenters. The maximum Gasteiger partial charge on any atom is 0.300 e. The predicted molar refractivity (Wildman–Crippen MR) is 382 cm³/mol. The standard InChI is InChI=1S/3C25H29NO7.C2H4O2/c3*1-15-14-16(31-3)10-11-17(15)22(27)20-21(18-8-6-9-19(32-4)24(18)33-5)26(12-7-13-30-2)25(29)23(20)28;1-2(3)4/h3*6,8-11,14,21,27H,7,12-13H2,1-5H3;1H3,(H,3,4). The molecule has 3 unspecified atom stereocenters. The van der Waals surface area contributed by atoms with Gasteiger partial charge in [0.1, 0.15) is 34.5 Å². The van der Waals surface area contributed by atoms with Gasteiger partial charge in [-0.15, -0.1) is 0 Å². The minimum atomic E-state index is -0.853. The zero-order chi connectivity index (χ0) is 75.9. The van der Waals surface area contributed by atoms with Crippen molar-refractivity contribution in [2.75, 3.05) is 125 Å². The number of methoxy groups -OCH3 is 12. The lowest BCUT2D eigenvalue weighted by molar-refractivity contribution is -0.140. The van der Waals surface area contributed by atoms with Crippen LogP contribution in [0.25, 0.3) is 17.3 Å². The van der Waals surface area contributed by atoms with Crippen molar-refractivity contribution in [1.82, 2.24) is 14.7 Å². The number of carbonyl (C=O) groups excluding carboxylic acids is 6. The van der Waals surface area contributed by atoms with Crippen LogP contribution in [0.3, 0.4) is 0 Å². The molecule has 3 fully saturated rings. The molecule has 3 heterocycles. The molecule has 0 aromatic heterocycles. The number of likely N-dealkylation sites (tertiary alicyclic amines) is 3. The van der Waals surface area contributed by atoms with Gasteiger partial charge in [-0.3, -0.25) is 33.6 Å². The summed E-state index contributed by atoms with van der Waals surface area (Å²) in [5.41, 5.74) is 5.05. The number of aryl methyl sites for hydroxylation is 3. The highest BCUT2D eigenvalue weighted by atomic mass is 16.5. The Balaban J connectivity index is 0.000000236. The van der Waals surface area contributed by atoms with Gasteiger partial charge in [-0.25, -0.2) is 0 Å². The number of carboxylic acid groups (broad SMARTS) is 1. The molecular weight excluding hydrogens is 1330 g/mol. The molecular formula is C77H91N3O23. The normalized spacial score (nSPS) is 16.9. The first-order chi connectivity index (χ1) is 49.4. The highest BCUT2D eigenvalue weighted by molar-refractivity contribution is 6.48. The number of ketones is 3. The first kappa shape index (κ1) is 80.9. The SMILES string of the molecule is CC(=O)O.COCCCN1C(=O)C(=O)C(=C(O)c2ccc(OC)cc2C)C1c1cccc(OC)c1OC.COCCCN1C(=O)C(=O)C(=C(O)c2ccc(OC)cc2C)C1c1cccc(OC)c1OC.COCCCN1C(=O)C(=O)C(=C(O)c2ccc(OC)cc2C)C1c1cccc(OC)c1OC. The number of aliphatic hydroxyl groups excluding tert-OH is 3. The minimum Gasteiger partial charge on any atom is -0.507 e. The summed E-state index contributed by atoms with van der Waals surface area (Å²) in [4.78, 5) is 92.1. The van der Waals surface area contributed by atoms with Crippen molar-refractivity contribution in [3.05, 3.63) is 176 Å². The molecule has 3 amide bonds. The summed E-state index contributed by atoms with van der Waals surface area (Å²) in [5.74, 6) is -1.51. The number of benzene rings is 6. The lowest BCUT2D eigenvalue weighted by atomic mass is 9.93. The van der Waals surface area contributed by atoms with Gasteiger partial charge in [-0.05, 0) is 130 Å². The molecule has 26 nitrogen and oxygen atoms in total. The van der Waals surface area contributed by atoms with Crippen LogP contribution in [0, 0.1) is 20.8 Å². The molecule has 9 rings (SSSR count). The molecule has 3 saturated heterocycles. The largest absolute Gasteiger partial charge is 0.507 e. The van der Waals surface area contributed by atoms with E-state index in [4.69, 9.17) is 66.7 Å². The van der Waals surface area contributed by atoms with Crippen LogP contribution in [0.4, 0.5) is 0 Å². The molecule has 0 bridgehead atoms. The number of aliphatic carboxylic acids is 1. The molecule has 6 aromatic carbocycles. The van der Waals surface area contributed by atoms with E-state index in [1.54, 1.807) is 173 Å². The number of carboxylic acids is 1. The molecule has 103 heavy (non-hydrogen) atoms. The molecule has 4 N–H and O–H groups in total. The smallest absolute Gasteiger partial charge is 0.300 e. The number of nitrogens with zero attached hydrogens (tertiary/aromatic N) is 3. The lowest BCUT2D eigenvalue weighted by Crippen LogP contribution is -2.31. The van der Waals surface area contributed by atoms with Gasteiger partial charge < -0.3 is 92.0 Å². The molecule has 0 radical (unpaired) electrons. The van der Waals surface area contributed by atoms with E-state index in [0.717, 1.165) is 6.92 Å². The van der Waals surface area contributed by atoms with Crippen molar-refractivity contribution in [3.8, 4) is 51.7 Å². The van der Waals surface area contributed by atoms with Crippen molar-refractivity contribution in [2.45, 2.75) is 65.1 Å². The Labute approximate surface area is 599 Å². The number of ether oxygens (including phenoxy) is 12. The van der Waals surface area contributed by atoms with Crippen LogP contribution in [0.2, 0.25) is 0 Å². The van der Waals surface area contributed by atoms with Gasteiger partial charge >= 0.3 is 0 Å². The third-order valence-electron chi connectivity index (χ3n) is 17.1. The number of rotatable bonds is 27. The fourth-order valence-electron chi connectivity index (χ4n) is 12.3. The van der Waals surface area contributed by atoms with E-state index in [2.05, 4.69) is 0 Å². The number of carbonyl (C=O) groups is 7. The Hall–Kier alpha value is -11.1. The van der Waals surface area contributed by atoms with Crippen molar-refractivity contribution < 1.29 is 111 Å². The van der Waals surface area contributed by atoms with E-state index in [0.29, 0.717) is 141 Å². The van der Waals surface area contributed by atoms with Crippen molar-refractivity contribution in [1.29, 1.82) is 0 Å². The summed E-state index contributed by atoms with van der Waals surface area (Å²) in [6.07, 6.45) is 1.57. The summed E-state index contributed by atoms with van der Waals surface area (Å²) in [6, 6.07) is 28.5. The molecule has 0 saturated carbocycles. The quantitative estimate of drug-likeness (QED) is 0.0161. The Kier molecular flexibility index (Phi) is 29.9. The van der Waals surface area contributed by atoms with E-state index in [1.165, 1.54) is 57.4 Å². The number of para-hydroxylation sites is 3. The molecule has 0 aliphatic carbocycles. The minimum absolute atomic E-state index is 0.00256. The van der Waals surface area contributed by atoms with Gasteiger partial charge in [-0.2, -0.15) is 0 Å². The van der Waals surface area contributed by atoms with Gasteiger partial charge in [0.2, 0.25) is 0 Å². The van der Waals surface area contributed by atoms with E-state index in [1.807, 2.05) is 0 Å². The van der Waals surface area contributed by atoms with Crippen molar-refractivity contribution in [3.63, 3.8) is 0 Å². The van der Waals surface area contributed by atoms with E-state index >= 15 is 0 Å². The second-order valence-electron chi connectivity index (χ2n) is 23.3. The van der Waals surface area contributed by atoms with Crippen LogP contribution in [0.1, 0.15) is 94.4 Å². The Morgan fingerprint density at radius 3 is 0.796 bits per heavy atom. The van der Waals surface area contributed by atoms with Crippen LogP contribution >= 0.6 is 0 Å². The molecule has 552 valence electrons.